The highest BCUT2D eigenvalue weighted by molar-refractivity contribution is 9.09. The van der Waals surface area contributed by atoms with E-state index >= 15 is 0 Å². The summed E-state index contributed by atoms with van der Waals surface area (Å²) in [4.78, 5) is 57.8. The molecule has 0 radical (unpaired) electrons. The van der Waals surface area contributed by atoms with Gasteiger partial charge in [0, 0.05) is 24.3 Å². The fourth-order valence-corrected chi connectivity index (χ4v) is 7.96. The SMILES string of the molecule is C=CCCC(=O)NC[C@@H](C)OC(=O)[C@@H]1[C@H]2O[C@@]3(CC2Br)[C@H](C(=O)N(CC=C)CCCC)N([C@@H](CO)Cc2ccccc2)C(=O)[C@@H]13. The number of hydrogen-bond donors (Lipinski definition) is 2. The molecule has 2 N–H and O–H groups in total. The molecule has 1 aromatic carbocycles. The molecule has 0 saturated carbocycles. The Morgan fingerprint density at radius 3 is 2.64 bits per heavy atom. The number of unbranched alkanes of at least 4 members (excludes halogenated alkanes) is 1. The number of rotatable bonds is 17. The number of alkyl halides is 1. The van der Waals surface area contributed by atoms with Crippen molar-refractivity contribution < 1.29 is 33.8 Å². The van der Waals surface area contributed by atoms with Crippen molar-refractivity contribution in [2.75, 3.05) is 26.2 Å². The first-order valence-corrected chi connectivity index (χ1v) is 16.8. The number of aliphatic hydroxyl groups is 1. The van der Waals surface area contributed by atoms with Crippen LogP contribution in [0.1, 0.15) is 51.5 Å². The van der Waals surface area contributed by atoms with Gasteiger partial charge in [-0.1, -0.05) is 71.8 Å². The number of carbonyl (C=O) groups is 4. The van der Waals surface area contributed by atoms with Crippen LogP contribution in [0.4, 0.5) is 0 Å². The summed E-state index contributed by atoms with van der Waals surface area (Å²) in [6.07, 6.45) is 5.13. The zero-order valence-electron chi connectivity index (χ0n) is 26.2. The number of carbonyl (C=O) groups excluding carboxylic acids is 4. The fraction of sp³-hybridized carbons (Fsp3) is 0.588. The largest absolute Gasteiger partial charge is 0.460 e. The highest BCUT2D eigenvalue weighted by Crippen LogP contribution is 2.60. The maximum atomic E-state index is 14.6. The Hall–Kier alpha value is -3.02. The van der Waals surface area contributed by atoms with Crippen LogP contribution < -0.4 is 5.32 Å². The number of fused-ring (bicyclic) bond motifs is 1. The van der Waals surface area contributed by atoms with Gasteiger partial charge in [-0.25, -0.2) is 0 Å². The van der Waals surface area contributed by atoms with Gasteiger partial charge in [0.2, 0.25) is 17.7 Å². The third-order valence-corrected chi connectivity index (χ3v) is 9.92. The van der Waals surface area contributed by atoms with E-state index < -0.39 is 53.6 Å². The van der Waals surface area contributed by atoms with E-state index in [9.17, 15) is 24.3 Å². The molecule has 1 unspecified atom stereocenters. The van der Waals surface area contributed by atoms with E-state index in [-0.39, 0.29) is 36.2 Å². The van der Waals surface area contributed by atoms with E-state index in [1.807, 2.05) is 37.3 Å². The van der Waals surface area contributed by atoms with Crippen LogP contribution in [0.5, 0.6) is 0 Å². The van der Waals surface area contributed by atoms with E-state index in [4.69, 9.17) is 9.47 Å². The van der Waals surface area contributed by atoms with Crippen LogP contribution in [-0.4, -0.2) is 99.6 Å². The van der Waals surface area contributed by atoms with Gasteiger partial charge >= 0.3 is 5.97 Å². The Bertz CT molecular complexity index is 1250. The molecule has 1 aromatic rings. The number of aliphatic hydroxyl groups excluding tert-OH is 1. The van der Waals surface area contributed by atoms with Crippen LogP contribution in [0.3, 0.4) is 0 Å². The van der Waals surface area contributed by atoms with Gasteiger partial charge in [-0.05, 0) is 38.2 Å². The van der Waals surface area contributed by atoms with Crippen molar-refractivity contribution in [1.29, 1.82) is 0 Å². The summed E-state index contributed by atoms with van der Waals surface area (Å²) in [5.41, 5.74) is -0.378. The van der Waals surface area contributed by atoms with Gasteiger partial charge < -0.3 is 29.7 Å². The zero-order chi connectivity index (χ0) is 32.7. The minimum atomic E-state index is -1.28. The van der Waals surface area contributed by atoms with Crippen LogP contribution in [-0.2, 0) is 35.1 Å². The Kier molecular flexibility index (Phi) is 12.0. The third-order valence-electron chi connectivity index (χ3n) is 9.07. The van der Waals surface area contributed by atoms with E-state index in [0.29, 0.717) is 32.4 Å². The smallest absolute Gasteiger partial charge is 0.312 e. The number of likely N-dealkylation sites (tertiary alicyclic amines) is 1. The molecule has 4 rings (SSSR count). The molecule has 2 bridgehead atoms. The predicted molar refractivity (Wildman–Crippen MR) is 173 cm³/mol. The van der Waals surface area contributed by atoms with Gasteiger partial charge in [-0.15, -0.1) is 13.2 Å². The molecular formula is C34H46BrN3O7. The fourth-order valence-electron chi connectivity index (χ4n) is 7.01. The minimum Gasteiger partial charge on any atom is -0.460 e. The topological polar surface area (TPSA) is 125 Å². The Balaban J connectivity index is 1.67. The van der Waals surface area contributed by atoms with E-state index in [2.05, 4.69) is 34.4 Å². The first kappa shape index (κ1) is 34.8. The number of halogens is 1. The van der Waals surface area contributed by atoms with Crippen molar-refractivity contribution in [3.05, 3.63) is 61.2 Å². The van der Waals surface area contributed by atoms with E-state index in [1.165, 1.54) is 4.90 Å². The maximum Gasteiger partial charge on any atom is 0.312 e. The molecule has 3 fully saturated rings. The summed E-state index contributed by atoms with van der Waals surface area (Å²) in [5, 5.41) is 13.4. The molecular weight excluding hydrogens is 642 g/mol. The molecule has 3 aliphatic rings. The molecule has 1 spiro atoms. The van der Waals surface area contributed by atoms with Crippen molar-refractivity contribution in [1.82, 2.24) is 15.1 Å². The summed E-state index contributed by atoms with van der Waals surface area (Å²) in [7, 11) is 0. The molecule has 10 nitrogen and oxygen atoms in total. The van der Waals surface area contributed by atoms with Gasteiger partial charge in [0.1, 0.15) is 17.7 Å². The number of hydrogen-bond acceptors (Lipinski definition) is 7. The standard InChI is InChI=1S/C34H46BrN3O7/c1-5-8-15-26(40)36-20-22(4)44-33(43)27-28-31(41)38(24(21-39)18-23-13-11-10-12-14-23)30(34(28)19-25(35)29(27)45-34)32(42)37(16-7-3)17-9-6-2/h5,7,10-14,22,24-25,27-30,39H,1,3,6,8-9,15-21H2,2,4H3,(H,36,40)/t22-,24-,25?,27+,28-,29+,30+,34-/m1/s1. The second-order valence-corrected chi connectivity index (χ2v) is 13.4. The quantitative estimate of drug-likeness (QED) is 0.146. The average molecular weight is 689 g/mol. The molecule has 3 amide bonds. The molecule has 246 valence electrons. The van der Waals surface area contributed by atoms with Crippen LogP contribution in [0.25, 0.3) is 0 Å². The highest BCUT2D eigenvalue weighted by atomic mass is 79.9. The molecule has 11 heteroatoms. The number of ether oxygens (including phenoxy) is 2. The lowest BCUT2D eigenvalue weighted by atomic mass is 9.70. The number of benzene rings is 1. The van der Waals surface area contributed by atoms with Gasteiger partial charge in [-0.3, -0.25) is 19.2 Å². The lowest BCUT2D eigenvalue weighted by Crippen LogP contribution is -2.59. The number of nitrogens with one attached hydrogen (secondary N) is 1. The van der Waals surface area contributed by atoms with Crippen LogP contribution >= 0.6 is 15.9 Å². The van der Waals surface area contributed by atoms with E-state index in [0.717, 1.165) is 18.4 Å². The summed E-state index contributed by atoms with van der Waals surface area (Å²) >= 11 is 3.69. The Labute approximate surface area is 274 Å². The minimum absolute atomic E-state index is 0.117. The van der Waals surface area contributed by atoms with Gasteiger partial charge in [-0.2, -0.15) is 0 Å². The zero-order valence-corrected chi connectivity index (χ0v) is 27.8. The number of allylic oxidation sites excluding steroid dienone is 1. The van der Waals surface area contributed by atoms with Crippen molar-refractivity contribution in [2.24, 2.45) is 11.8 Å². The normalized spacial score (nSPS) is 27.9. The van der Waals surface area contributed by atoms with Crippen molar-refractivity contribution in [2.45, 2.75) is 87.1 Å². The van der Waals surface area contributed by atoms with Gasteiger partial charge in [0.05, 0.1) is 37.1 Å². The molecule has 8 atom stereocenters. The Morgan fingerprint density at radius 1 is 1.27 bits per heavy atom. The molecule has 0 aliphatic carbocycles. The second-order valence-electron chi connectivity index (χ2n) is 12.2. The van der Waals surface area contributed by atoms with E-state index in [1.54, 1.807) is 24.0 Å². The van der Waals surface area contributed by atoms with Crippen molar-refractivity contribution >= 4 is 39.6 Å². The molecule has 3 aliphatic heterocycles. The summed E-state index contributed by atoms with van der Waals surface area (Å²) in [6, 6.07) is 7.73. The average Bonchev–Trinajstić information content (AvgIpc) is 3.63. The second kappa shape index (κ2) is 15.5. The molecule has 45 heavy (non-hydrogen) atoms. The number of amides is 3. The lowest BCUT2D eigenvalue weighted by Gasteiger charge is -2.39. The molecule has 0 aromatic heterocycles. The first-order valence-electron chi connectivity index (χ1n) is 15.9. The number of esters is 1. The third kappa shape index (κ3) is 7.20. The Morgan fingerprint density at radius 2 is 2.00 bits per heavy atom. The molecule has 3 heterocycles. The monoisotopic (exact) mass is 687 g/mol. The predicted octanol–water partition coefficient (Wildman–Crippen LogP) is 3.17. The van der Waals surface area contributed by atoms with Crippen LogP contribution in [0.15, 0.2) is 55.6 Å². The van der Waals surface area contributed by atoms with Crippen LogP contribution in [0, 0.1) is 11.8 Å². The van der Waals surface area contributed by atoms with Crippen molar-refractivity contribution in [3.63, 3.8) is 0 Å². The lowest BCUT2D eigenvalue weighted by molar-refractivity contribution is -0.160. The molecule has 3 saturated heterocycles. The highest BCUT2D eigenvalue weighted by Gasteiger charge is 2.77. The maximum absolute atomic E-state index is 14.6. The van der Waals surface area contributed by atoms with Gasteiger partial charge in [0.25, 0.3) is 0 Å². The van der Waals surface area contributed by atoms with Gasteiger partial charge in [0.15, 0.2) is 0 Å². The van der Waals surface area contributed by atoms with Crippen LogP contribution in [0.2, 0.25) is 0 Å². The number of nitrogens with zero attached hydrogens (tertiary/aromatic N) is 2. The summed E-state index contributed by atoms with van der Waals surface area (Å²) in [6.45, 7) is 11.7. The summed E-state index contributed by atoms with van der Waals surface area (Å²) < 4.78 is 12.4. The first-order chi connectivity index (χ1) is 21.6. The van der Waals surface area contributed by atoms with Crippen molar-refractivity contribution in [3.8, 4) is 0 Å². The summed E-state index contributed by atoms with van der Waals surface area (Å²) in [5.74, 6) is -3.39.